The van der Waals surface area contributed by atoms with Crippen molar-refractivity contribution in [1.82, 2.24) is 0 Å². The number of hydrogen-bond donors (Lipinski definition) is 0. The van der Waals surface area contributed by atoms with Crippen molar-refractivity contribution in [3.8, 4) is 33.4 Å². The highest BCUT2D eigenvalue weighted by molar-refractivity contribution is 5.90. The van der Waals surface area contributed by atoms with Crippen LogP contribution in [0.5, 0.6) is 0 Å². The molecule has 0 amide bonds. The zero-order chi connectivity index (χ0) is 39.8. The monoisotopic (exact) mass is 755 g/mol. The van der Waals surface area contributed by atoms with Gasteiger partial charge in [-0.25, -0.2) is 0 Å². The lowest BCUT2D eigenvalue weighted by Crippen LogP contribution is -2.28. The van der Waals surface area contributed by atoms with Crippen LogP contribution in [-0.2, 0) is 10.8 Å². The summed E-state index contributed by atoms with van der Waals surface area (Å²) >= 11 is 0. The summed E-state index contributed by atoms with van der Waals surface area (Å²) in [5.41, 5.74) is 17.8. The largest absolute Gasteiger partial charge is 0.310 e. The van der Waals surface area contributed by atoms with E-state index in [-0.39, 0.29) is 5.41 Å². The molecule has 1 nitrogen and oxygen atoms in total. The fourth-order valence-corrected chi connectivity index (χ4v) is 9.53. The van der Waals surface area contributed by atoms with Gasteiger partial charge in [0.1, 0.15) is 0 Å². The van der Waals surface area contributed by atoms with Gasteiger partial charge in [0.2, 0.25) is 0 Å². The van der Waals surface area contributed by atoms with Gasteiger partial charge in [-0.1, -0.05) is 214 Å². The molecule has 0 bridgehead atoms. The van der Waals surface area contributed by atoms with E-state index in [2.05, 4.69) is 255 Å². The summed E-state index contributed by atoms with van der Waals surface area (Å²) in [5.74, 6) is 0. The smallest absolute Gasteiger partial charge is 0.0714 e. The summed E-state index contributed by atoms with van der Waals surface area (Å²) in [6.45, 7) is 4.65. The van der Waals surface area contributed by atoms with Crippen molar-refractivity contribution < 1.29 is 0 Å². The second-order valence-electron chi connectivity index (χ2n) is 16.1. The van der Waals surface area contributed by atoms with Crippen LogP contribution in [0.4, 0.5) is 17.1 Å². The van der Waals surface area contributed by atoms with Gasteiger partial charge in [0.15, 0.2) is 0 Å². The Bertz CT molecular complexity index is 2820. The van der Waals surface area contributed by atoms with E-state index in [0.717, 1.165) is 17.1 Å². The maximum absolute atomic E-state index is 2.45. The van der Waals surface area contributed by atoms with Crippen molar-refractivity contribution in [1.29, 1.82) is 0 Å². The van der Waals surface area contributed by atoms with E-state index in [1.54, 1.807) is 0 Å². The molecular weight excluding hydrogens is 711 g/mol. The molecule has 0 heterocycles. The zero-order valence-electron chi connectivity index (χ0n) is 33.5. The molecule has 59 heavy (non-hydrogen) atoms. The Morgan fingerprint density at radius 1 is 0.339 bits per heavy atom. The van der Waals surface area contributed by atoms with E-state index in [1.165, 1.54) is 66.8 Å². The van der Waals surface area contributed by atoms with E-state index >= 15 is 0 Å². The lowest BCUT2D eigenvalue weighted by molar-refractivity contribution is 0.642. The van der Waals surface area contributed by atoms with Crippen LogP contribution in [0.15, 0.2) is 237 Å². The topological polar surface area (TPSA) is 3.24 Å². The van der Waals surface area contributed by atoms with Crippen LogP contribution >= 0.6 is 0 Å². The number of benzene rings is 9. The first-order valence-corrected chi connectivity index (χ1v) is 20.6. The molecule has 0 saturated carbocycles. The number of rotatable bonds is 9. The van der Waals surface area contributed by atoms with Gasteiger partial charge < -0.3 is 4.90 Å². The standard InChI is InChI=1S/C58H45N/c1-57(2,45-21-9-4-10-22-45)54-29-17-15-27-51(54)44-33-37-49(38-34-44)59(48-35-31-43(32-36-48)42-19-7-3-8-20-42)50-39-40-53-52-28-16-18-30-55(52)58(56(53)41-50,46-23-11-5-12-24-46)47-25-13-6-14-26-47/h3-41H,1-2H3. The average molecular weight is 756 g/mol. The summed E-state index contributed by atoms with van der Waals surface area (Å²) in [7, 11) is 0. The van der Waals surface area contributed by atoms with Crippen molar-refractivity contribution >= 4 is 17.1 Å². The summed E-state index contributed by atoms with van der Waals surface area (Å²) < 4.78 is 0. The second kappa shape index (κ2) is 14.9. The minimum Gasteiger partial charge on any atom is -0.310 e. The Kier molecular flexibility index (Phi) is 9.15. The first-order chi connectivity index (χ1) is 29.0. The lowest BCUT2D eigenvalue weighted by Gasteiger charge is -2.35. The minimum absolute atomic E-state index is 0.172. The third-order valence-corrected chi connectivity index (χ3v) is 12.5. The molecule has 1 aliphatic rings. The van der Waals surface area contributed by atoms with Crippen molar-refractivity contribution in [2.75, 3.05) is 4.90 Å². The minimum atomic E-state index is -0.494. The van der Waals surface area contributed by atoms with Crippen LogP contribution in [0.1, 0.15) is 47.2 Å². The van der Waals surface area contributed by atoms with Crippen LogP contribution in [0.3, 0.4) is 0 Å². The maximum atomic E-state index is 2.45. The van der Waals surface area contributed by atoms with E-state index in [0.29, 0.717) is 0 Å². The van der Waals surface area contributed by atoms with Crippen LogP contribution in [0, 0.1) is 0 Å². The second-order valence-corrected chi connectivity index (χ2v) is 16.1. The molecule has 0 atom stereocenters. The normalized spacial score (nSPS) is 12.7. The molecule has 0 N–H and O–H groups in total. The van der Waals surface area contributed by atoms with Crippen molar-refractivity contribution in [2.24, 2.45) is 0 Å². The SMILES string of the molecule is CC(C)(c1ccccc1)c1ccccc1-c1ccc(N(c2ccc(-c3ccccc3)cc2)c2ccc3c(c2)C(c2ccccc2)(c2ccccc2)c2ccccc2-3)cc1. The van der Waals surface area contributed by atoms with Gasteiger partial charge >= 0.3 is 0 Å². The van der Waals surface area contributed by atoms with Gasteiger partial charge in [-0.15, -0.1) is 0 Å². The third kappa shape index (κ3) is 6.18. The Hall–Kier alpha value is -7.22. The molecule has 0 saturated heterocycles. The number of nitrogens with zero attached hydrogens (tertiary/aromatic N) is 1. The molecule has 9 aromatic carbocycles. The fourth-order valence-electron chi connectivity index (χ4n) is 9.53. The molecule has 0 spiro atoms. The summed E-state index contributed by atoms with van der Waals surface area (Å²) in [5, 5.41) is 0. The van der Waals surface area contributed by atoms with Gasteiger partial charge in [-0.05, 0) is 103 Å². The Morgan fingerprint density at radius 2 is 0.780 bits per heavy atom. The number of hydrogen-bond acceptors (Lipinski definition) is 1. The van der Waals surface area contributed by atoms with Gasteiger partial charge in [0.05, 0.1) is 5.41 Å². The molecule has 282 valence electrons. The number of fused-ring (bicyclic) bond motifs is 3. The third-order valence-electron chi connectivity index (χ3n) is 12.5. The molecule has 0 unspecified atom stereocenters. The van der Waals surface area contributed by atoms with Gasteiger partial charge in [0.25, 0.3) is 0 Å². The maximum Gasteiger partial charge on any atom is 0.0714 e. The highest BCUT2D eigenvalue weighted by atomic mass is 15.1. The predicted octanol–water partition coefficient (Wildman–Crippen LogP) is 15.2. The number of anilines is 3. The van der Waals surface area contributed by atoms with Crippen LogP contribution < -0.4 is 4.90 Å². The predicted molar refractivity (Wildman–Crippen MR) is 248 cm³/mol. The van der Waals surface area contributed by atoms with E-state index in [4.69, 9.17) is 0 Å². The van der Waals surface area contributed by atoms with Gasteiger partial charge in [-0.2, -0.15) is 0 Å². The molecule has 9 aromatic rings. The molecule has 0 aromatic heterocycles. The summed E-state index contributed by atoms with van der Waals surface area (Å²) in [4.78, 5) is 2.42. The fraction of sp³-hybridized carbons (Fsp3) is 0.0690. The molecular formula is C58H45N. The Balaban J connectivity index is 1.14. The lowest BCUT2D eigenvalue weighted by atomic mass is 9.67. The summed E-state index contributed by atoms with van der Waals surface area (Å²) in [6.07, 6.45) is 0. The molecule has 0 fully saturated rings. The van der Waals surface area contributed by atoms with E-state index < -0.39 is 5.41 Å². The van der Waals surface area contributed by atoms with Crippen molar-refractivity contribution in [3.63, 3.8) is 0 Å². The highest BCUT2D eigenvalue weighted by Crippen LogP contribution is 2.57. The van der Waals surface area contributed by atoms with Crippen molar-refractivity contribution in [3.05, 3.63) is 270 Å². The van der Waals surface area contributed by atoms with Crippen LogP contribution in [0.2, 0.25) is 0 Å². The van der Waals surface area contributed by atoms with E-state index in [9.17, 15) is 0 Å². The van der Waals surface area contributed by atoms with Crippen LogP contribution in [0.25, 0.3) is 33.4 Å². The van der Waals surface area contributed by atoms with E-state index in [1.807, 2.05) is 0 Å². The molecule has 10 rings (SSSR count). The van der Waals surface area contributed by atoms with Crippen molar-refractivity contribution in [2.45, 2.75) is 24.7 Å². The molecule has 0 radical (unpaired) electrons. The quantitative estimate of drug-likeness (QED) is 0.142. The first-order valence-electron chi connectivity index (χ1n) is 20.6. The average Bonchev–Trinajstić information content (AvgIpc) is 3.61. The Morgan fingerprint density at radius 3 is 1.39 bits per heavy atom. The molecule has 1 aliphatic carbocycles. The molecule has 1 heteroatoms. The first kappa shape index (κ1) is 36.1. The summed E-state index contributed by atoms with van der Waals surface area (Å²) in [6, 6.07) is 86.7. The zero-order valence-corrected chi connectivity index (χ0v) is 33.5. The highest BCUT2D eigenvalue weighted by Gasteiger charge is 2.46. The van der Waals surface area contributed by atoms with Gasteiger partial charge in [0, 0.05) is 22.5 Å². The van der Waals surface area contributed by atoms with Crippen LogP contribution in [-0.4, -0.2) is 0 Å². The molecule has 0 aliphatic heterocycles. The Labute approximate surface area is 348 Å². The van der Waals surface area contributed by atoms with Gasteiger partial charge in [-0.3, -0.25) is 0 Å².